The van der Waals surface area contributed by atoms with Crippen LogP contribution in [0.15, 0.2) is 4.99 Å². The zero-order chi connectivity index (χ0) is 20.5. The molecule has 0 aromatic carbocycles. The van der Waals surface area contributed by atoms with Gasteiger partial charge in [0.15, 0.2) is 5.96 Å². The predicted octanol–water partition coefficient (Wildman–Crippen LogP) is 0.858. The fourth-order valence-corrected chi connectivity index (χ4v) is 5.04. The molecule has 0 spiro atoms. The van der Waals surface area contributed by atoms with Crippen LogP contribution in [0.4, 0.5) is 0 Å². The molecule has 1 heterocycles. The molecule has 1 saturated carbocycles. The van der Waals surface area contributed by atoms with Crippen molar-refractivity contribution in [3.63, 3.8) is 0 Å². The van der Waals surface area contributed by atoms with Crippen LogP contribution in [0, 0.1) is 0 Å². The number of hydrogen-bond donors (Lipinski definition) is 2. The second-order valence-electron chi connectivity index (χ2n) is 7.81. The first kappa shape index (κ1) is 23.4. The third-order valence-corrected chi connectivity index (χ3v) is 7.92. The maximum Gasteiger partial charge on any atom is 0.213 e. The van der Waals surface area contributed by atoms with E-state index < -0.39 is 10.0 Å². The summed E-state index contributed by atoms with van der Waals surface area (Å²) in [5, 5.41) is 6.86. The standard InChI is InChI=1S/C19H39N5O3S/c1-4-28(25,26)23(3)12-8-11-21-18(20-2)22-17-19(9-6-5-7-10-19)24-13-15-27-16-14-24/h4-17H2,1-3H3,(H2,20,21,22). The average Bonchev–Trinajstić information content (AvgIpc) is 2.74. The summed E-state index contributed by atoms with van der Waals surface area (Å²) in [5.41, 5.74) is 0.190. The van der Waals surface area contributed by atoms with Gasteiger partial charge in [0.2, 0.25) is 10.0 Å². The Labute approximate surface area is 171 Å². The molecule has 2 rings (SSSR count). The highest BCUT2D eigenvalue weighted by atomic mass is 32.2. The monoisotopic (exact) mass is 417 g/mol. The molecule has 2 fully saturated rings. The number of sulfonamides is 1. The van der Waals surface area contributed by atoms with Gasteiger partial charge < -0.3 is 15.4 Å². The Morgan fingerprint density at radius 3 is 2.46 bits per heavy atom. The SMILES string of the molecule is CCS(=O)(=O)N(C)CCCNC(=NC)NCC1(N2CCOCC2)CCCCC1. The lowest BCUT2D eigenvalue weighted by molar-refractivity contribution is -0.0352. The summed E-state index contributed by atoms with van der Waals surface area (Å²) >= 11 is 0. The van der Waals surface area contributed by atoms with Gasteiger partial charge in [-0.15, -0.1) is 0 Å². The molecule has 1 aliphatic carbocycles. The summed E-state index contributed by atoms with van der Waals surface area (Å²) in [6, 6.07) is 0. The van der Waals surface area contributed by atoms with Gasteiger partial charge in [-0.05, 0) is 26.2 Å². The zero-order valence-corrected chi connectivity index (χ0v) is 18.7. The van der Waals surface area contributed by atoms with Crippen LogP contribution >= 0.6 is 0 Å². The lowest BCUT2D eigenvalue weighted by Gasteiger charge is -2.48. The molecule has 0 amide bonds. The normalized spacial score (nSPS) is 21.6. The minimum Gasteiger partial charge on any atom is -0.379 e. The van der Waals surface area contributed by atoms with E-state index in [1.807, 2.05) is 0 Å². The van der Waals surface area contributed by atoms with Crippen LogP contribution in [0.5, 0.6) is 0 Å². The molecule has 1 saturated heterocycles. The lowest BCUT2D eigenvalue weighted by Crippen LogP contribution is -2.60. The third kappa shape index (κ3) is 6.57. The highest BCUT2D eigenvalue weighted by Crippen LogP contribution is 2.33. The maximum atomic E-state index is 11.8. The van der Waals surface area contributed by atoms with Crippen LogP contribution in [-0.2, 0) is 14.8 Å². The van der Waals surface area contributed by atoms with E-state index >= 15 is 0 Å². The number of nitrogens with zero attached hydrogens (tertiary/aromatic N) is 3. The van der Waals surface area contributed by atoms with Crippen molar-refractivity contribution < 1.29 is 13.2 Å². The molecule has 1 aliphatic heterocycles. The minimum absolute atomic E-state index is 0.143. The van der Waals surface area contributed by atoms with E-state index in [2.05, 4.69) is 20.5 Å². The molecule has 0 radical (unpaired) electrons. The van der Waals surface area contributed by atoms with Crippen LogP contribution in [0.25, 0.3) is 0 Å². The van der Waals surface area contributed by atoms with Crippen molar-refractivity contribution in [2.24, 2.45) is 4.99 Å². The molecule has 9 heteroatoms. The van der Waals surface area contributed by atoms with E-state index in [4.69, 9.17) is 4.74 Å². The molecule has 0 aromatic rings. The first-order valence-corrected chi connectivity index (χ1v) is 12.3. The van der Waals surface area contributed by atoms with Gasteiger partial charge in [0.25, 0.3) is 0 Å². The van der Waals surface area contributed by atoms with Crippen LogP contribution in [0.3, 0.4) is 0 Å². The Morgan fingerprint density at radius 2 is 1.86 bits per heavy atom. The van der Waals surface area contributed by atoms with Gasteiger partial charge in [-0.2, -0.15) is 0 Å². The molecule has 2 aliphatic rings. The van der Waals surface area contributed by atoms with Crippen molar-refractivity contribution in [3.8, 4) is 0 Å². The van der Waals surface area contributed by atoms with Crippen molar-refractivity contribution >= 4 is 16.0 Å². The first-order valence-electron chi connectivity index (χ1n) is 10.6. The molecule has 164 valence electrons. The van der Waals surface area contributed by atoms with E-state index in [1.54, 1.807) is 21.0 Å². The average molecular weight is 418 g/mol. The quantitative estimate of drug-likeness (QED) is 0.329. The van der Waals surface area contributed by atoms with Gasteiger partial charge in [0.1, 0.15) is 0 Å². The van der Waals surface area contributed by atoms with Gasteiger partial charge in [-0.25, -0.2) is 12.7 Å². The summed E-state index contributed by atoms with van der Waals surface area (Å²) in [6.07, 6.45) is 7.07. The number of ether oxygens (including phenoxy) is 1. The van der Waals surface area contributed by atoms with Crippen LogP contribution < -0.4 is 10.6 Å². The van der Waals surface area contributed by atoms with E-state index in [0.717, 1.165) is 45.2 Å². The first-order chi connectivity index (χ1) is 13.4. The molecule has 28 heavy (non-hydrogen) atoms. The van der Waals surface area contributed by atoms with E-state index in [0.29, 0.717) is 13.1 Å². The molecule has 0 atom stereocenters. The lowest BCUT2D eigenvalue weighted by atomic mass is 9.80. The van der Waals surface area contributed by atoms with Crippen molar-refractivity contribution in [1.82, 2.24) is 19.8 Å². The summed E-state index contributed by atoms with van der Waals surface area (Å²) in [7, 11) is 0.317. The molecular formula is C19H39N5O3S. The molecule has 0 bridgehead atoms. The number of hydrogen-bond acceptors (Lipinski definition) is 5. The van der Waals surface area contributed by atoms with Gasteiger partial charge >= 0.3 is 0 Å². The number of rotatable bonds is 9. The van der Waals surface area contributed by atoms with Crippen molar-refractivity contribution in [2.75, 3.05) is 65.8 Å². The topological polar surface area (TPSA) is 86.3 Å². The summed E-state index contributed by atoms with van der Waals surface area (Å²) < 4.78 is 30.6. The number of morpholine rings is 1. The van der Waals surface area contributed by atoms with Crippen LogP contribution in [0.2, 0.25) is 0 Å². The number of guanidine groups is 1. The molecular weight excluding hydrogens is 378 g/mol. The predicted molar refractivity (Wildman–Crippen MR) is 114 cm³/mol. The summed E-state index contributed by atoms with van der Waals surface area (Å²) in [5.74, 6) is 0.934. The van der Waals surface area contributed by atoms with Crippen LogP contribution in [0.1, 0.15) is 45.4 Å². The molecule has 0 aromatic heterocycles. The molecule has 0 unspecified atom stereocenters. The highest BCUT2D eigenvalue weighted by molar-refractivity contribution is 7.89. The Bertz CT molecular complexity index is 584. The maximum absolute atomic E-state index is 11.8. The van der Waals surface area contributed by atoms with Gasteiger partial charge in [-0.1, -0.05) is 19.3 Å². The summed E-state index contributed by atoms with van der Waals surface area (Å²) in [4.78, 5) is 6.96. The molecule has 2 N–H and O–H groups in total. The van der Waals surface area contributed by atoms with Crippen LogP contribution in [-0.4, -0.2) is 94.9 Å². The second-order valence-corrected chi connectivity index (χ2v) is 10.2. The zero-order valence-electron chi connectivity index (χ0n) is 17.9. The highest BCUT2D eigenvalue weighted by Gasteiger charge is 2.38. The fraction of sp³-hybridized carbons (Fsp3) is 0.947. The van der Waals surface area contributed by atoms with E-state index in [9.17, 15) is 8.42 Å². The number of nitrogens with one attached hydrogen (secondary N) is 2. The van der Waals surface area contributed by atoms with Gasteiger partial charge in [-0.3, -0.25) is 9.89 Å². The Kier molecular flexibility index (Phi) is 9.46. The van der Waals surface area contributed by atoms with Gasteiger partial charge in [0, 0.05) is 52.4 Å². The van der Waals surface area contributed by atoms with Crippen molar-refractivity contribution in [3.05, 3.63) is 0 Å². The summed E-state index contributed by atoms with van der Waals surface area (Å²) in [6.45, 7) is 7.41. The molecule has 8 nitrogen and oxygen atoms in total. The second kappa shape index (κ2) is 11.3. The Balaban J connectivity index is 1.80. The van der Waals surface area contributed by atoms with E-state index in [-0.39, 0.29) is 11.3 Å². The van der Waals surface area contributed by atoms with Crippen molar-refractivity contribution in [2.45, 2.75) is 51.0 Å². The Hall–Kier alpha value is -0.900. The van der Waals surface area contributed by atoms with Gasteiger partial charge in [0.05, 0.1) is 19.0 Å². The smallest absolute Gasteiger partial charge is 0.213 e. The third-order valence-electron chi connectivity index (χ3n) is 6.06. The Morgan fingerprint density at radius 1 is 1.18 bits per heavy atom. The fourth-order valence-electron chi connectivity index (χ4n) is 4.19. The number of aliphatic imine (C=N–C) groups is 1. The largest absolute Gasteiger partial charge is 0.379 e. The minimum atomic E-state index is -3.11. The van der Waals surface area contributed by atoms with Crippen molar-refractivity contribution in [1.29, 1.82) is 0 Å². The van der Waals surface area contributed by atoms with E-state index in [1.165, 1.54) is 36.4 Å².